The maximum absolute atomic E-state index is 11.9. The van der Waals surface area contributed by atoms with Gasteiger partial charge in [0.25, 0.3) is 5.56 Å². The quantitative estimate of drug-likeness (QED) is 0.238. The molecule has 3 heterocycles. The third-order valence-corrected chi connectivity index (χ3v) is 4.81. The summed E-state index contributed by atoms with van der Waals surface area (Å²) < 4.78 is 17.1. The van der Waals surface area contributed by atoms with E-state index in [4.69, 9.17) is 19.9 Å². The molecule has 3 rings (SSSR count). The third-order valence-electron chi connectivity index (χ3n) is 4.81. The second kappa shape index (κ2) is 8.36. The fourth-order valence-electron chi connectivity index (χ4n) is 3.27. The van der Waals surface area contributed by atoms with Crippen molar-refractivity contribution >= 4 is 0 Å². The number of ether oxygens (including phenoxy) is 3. The number of rotatable bonds is 6. The minimum absolute atomic E-state index is 0.0830. The van der Waals surface area contributed by atoms with Gasteiger partial charge in [-0.1, -0.05) is 0 Å². The molecule has 2 fully saturated rings. The lowest BCUT2D eigenvalue weighted by atomic mass is 10.1. The van der Waals surface area contributed by atoms with E-state index in [9.17, 15) is 35.1 Å². The van der Waals surface area contributed by atoms with Crippen LogP contribution in [0.1, 0.15) is 6.23 Å². The van der Waals surface area contributed by atoms with Crippen LogP contribution in [0.5, 0.6) is 0 Å². The van der Waals surface area contributed by atoms with E-state index in [0.717, 1.165) is 16.8 Å². The predicted molar refractivity (Wildman–Crippen MR) is 88.9 cm³/mol. The highest BCUT2D eigenvalue weighted by atomic mass is 16.7. The zero-order chi connectivity index (χ0) is 20.6. The molecule has 0 amide bonds. The summed E-state index contributed by atoms with van der Waals surface area (Å²) in [5.74, 6) is 0. The van der Waals surface area contributed by atoms with Crippen LogP contribution in [0.25, 0.3) is 0 Å². The molecule has 13 heteroatoms. The summed E-state index contributed by atoms with van der Waals surface area (Å²) in [6.45, 7) is -0.780. The Balaban J connectivity index is 1.76. The number of aliphatic hydroxyl groups is 5. The summed E-state index contributed by atoms with van der Waals surface area (Å²) in [7, 11) is 0. The van der Waals surface area contributed by atoms with Crippen molar-refractivity contribution in [2.24, 2.45) is 5.73 Å². The van der Waals surface area contributed by atoms with Gasteiger partial charge >= 0.3 is 5.69 Å². The number of aliphatic hydroxyl groups excluding tert-OH is 5. The smallest absolute Gasteiger partial charge is 0.330 e. The topological polar surface area (TPSA) is 210 Å². The lowest BCUT2D eigenvalue weighted by Crippen LogP contribution is -2.46. The molecule has 13 nitrogen and oxygen atoms in total. The van der Waals surface area contributed by atoms with Gasteiger partial charge in [0.05, 0.1) is 6.61 Å². The van der Waals surface area contributed by atoms with Gasteiger partial charge < -0.3 is 45.5 Å². The zero-order valence-electron chi connectivity index (χ0n) is 14.6. The molecule has 0 saturated carbocycles. The number of nitrogens with zero attached hydrogens (tertiary/aromatic N) is 1. The molecule has 28 heavy (non-hydrogen) atoms. The number of aromatic nitrogens is 2. The van der Waals surface area contributed by atoms with Gasteiger partial charge in [0.2, 0.25) is 0 Å². The Morgan fingerprint density at radius 3 is 2.43 bits per heavy atom. The molecule has 9 atom stereocenters. The molecule has 1 aromatic rings. The van der Waals surface area contributed by atoms with E-state index in [1.807, 2.05) is 4.98 Å². The van der Waals surface area contributed by atoms with Gasteiger partial charge in [-0.2, -0.15) is 0 Å². The Morgan fingerprint density at radius 2 is 1.86 bits per heavy atom. The maximum atomic E-state index is 11.9. The highest BCUT2D eigenvalue weighted by Gasteiger charge is 2.50. The number of hydrogen-bond acceptors (Lipinski definition) is 11. The Bertz CT molecular complexity index is 784. The first-order valence-corrected chi connectivity index (χ1v) is 8.59. The van der Waals surface area contributed by atoms with Gasteiger partial charge in [0, 0.05) is 18.8 Å². The lowest BCUT2D eigenvalue weighted by molar-refractivity contribution is -0.227. The Kier molecular flexibility index (Phi) is 6.28. The molecule has 0 radical (unpaired) electrons. The highest BCUT2D eigenvalue weighted by molar-refractivity contribution is 4.96. The van der Waals surface area contributed by atoms with Gasteiger partial charge in [-0.3, -0.25) is 14.3 Å². The molecular formula is C15H23N3O10. The molecule has 8 N–H and O–H groups in total. The van der Waals surface area contributed by atoms with E-state index < -0.39 is 73.1 Å². The molecule has 2 saturated heterocycles. The minimum atomic E-state index is -1.58. The summed E-state index contributed by atoms with van der Waals surface area (Å²) >= 11 is 0. The minimum Gasteiger partial charge on any atom is -0.394 e. The highest BCUT2D eigenvalue weighted by Crippen LogP contribution is 2.32. The molecule has 0 bridgehead atoms. The van der Waals surface area contributed by atoms with E-state index in [1.165, 1.54) is 0 Å². The molecule has 2 aliphatic rings. The van der Waals surface area contributed by atoms with Crippen LogP contribution in [0, 0.1) is 0 Å². The largest absolute Gasteiger partial charge is 0.394 e. The molecule has 158 valence electrons. The molecule has 2 aliphatic heterocycles. The number of H-pyrrole nitrogens is 1. The fourth-order valence-corrected chi connectivity index (χ4v) is 3.27. The lowest BCUT2D eigenvalue weighted by Gasteiger charge is -2.28. The number of nitrogens with one attached hydrogen (secondary N) is 1. The van der Waals surface area contributed by atoms with Crippen molar-refractivity contribution in [3.8, 4) is 0 Å². The Hall–Kier alpha value is -1.68. The average Bonchev–Trinajstić information content (AvgIpc) is 3.11. The number of nitrogens with two attached hydrogens (primary N) is 1. The summed E-state index contributed by atoms with van der Waals surface area (Å²) in [6.07, 6.45) is -11.0. The first kappa shape index (κ1) is 21.0. The summed E-state index contributed by atoms with van der Waals surface area (Å²) in [4.78, 5) is 25.1. The van der Waals surface area contributed by atoms with E-state index >= 15 is 0 Å². The van der Waals surface area contributed by atoms with Gasteiger partial charge in [0.1, 0.15) is 42.7 Å². The molecule has 0 aromatic carbocycles. The Labute approximate surface area is 157 Å². The third kappa shape index (κ3) is 3.76. The summed E-state index contributed by atoms with van der Waals surface area (Å²) in [6, 6.07) is 1.04. The van der Waals surface area contributed by atoms with Gasteiger partial charge in [-0.15, -0.1) is 0 Å². The van der Waals surface area contributed by atoms with Crippen molar-refractivity contribution in [1.29, 1.82) is 0 Å². The maximum Gasteiger partial charge on any atom is 0.330 e. The van der Waals surface area contributed by atoms with Crippen molar-refractivity contribution in [2.75, 3.05) is 13.2 Å². The summed E-state index contributed by atoms with van der Waals surface area (Å²) in [5.41, 5.74) is 3.91. The van der Waals surface area contributed by atoms with Crippen LogP contribution >= 0.6 is 0 Å². The number of aromatic amines is 1. The van der Waals surface area contributed by atoms with Crippen LogP contribution < -0.4 is 17.0 Å². The zero-order valence-corrected chi connectivity index (χ0v) is 14.6. The standard InChI is InChI=1S/C15H23N3O10/c16-3-5-8(21)11(24)14(26-5)27-6(4-19)12-9(22)10(23)13(28-12)18-2-1-7(20)17-15(18)25/h1-2,5-6,8-14,19,21-24H,3-4,16H2,(H,17,20,25)/t5-,6+,8-,9+,10-,11-,12-,13-,14+/m1/s1. The van der Waals surface area contributed by atoms with Gasteiger partial charge in [-0.25, -0.2) is 4.79 Å². The van der Waals surface area contributed by atoms with Crippen LogP contribution in [0.2, 0.25) is 0 Å². The van der Waals surface area contributed by atoms with E-state index in [1.54, 1.807) is 0 Å². The monoisotopic (exact) mass is 405 g/mol. The van der Waals surface area contributed by atoms with E-state index in [2.05, 4.69) is 0 Å². The van der Waals surface area contributed by atoms with E-state index in [0.29, 0.717) is 0 Å². The second-order valence-corrected chi connectivity index (χ2v) is 6.61. The van der Waals surface area contributed by atoms with Crippen molar-refractivity contribution < 1.29 is 39.7 Å². The van der Waals surface area contributed by atoms with E-state index in [-0.39, 0.29) is 6.54 Å². The molecule has 1 aromatic heterocycles. The first-order valence-electron chi connectivity index (χ1n) is 8.59. The van der Waals surface area contributed by atoms with Crippen LogP contribution in [-0.2, 0) is 14.2 Å². The first-order chi connectivity index (χ1) is 13.3. The van der Waals surface area contributed by atoms with Crippen molar-refractivity contribution in [3.63, 3.8) is 0 Å². The van der Waals surface area contributed by atoms with Crippen molar-refractivity contribution in [3.05, 3.63) is 33.1 Å². The second-order valence-electron chi connectivity index (χ2n) is 6.61. The van der Waals surface area contributed by atoms with Gasteiger partial charge in [-0.05, 0) is 0 Å². The molecule has 0 aliphatic carbocycles. The molecular weight excluding hydrogens is 382 g/mol. The normalized spacial score (nSPS) is 39.4. The summed E-state index contributed by atoms with van der Waals surface area (Å²) in [5, 5.41) is 50.0. The molecule has 0 unspecified atom stereocenters. The van der Waals surface area contributed by atoms with Crippen molar-refractivity contribution in [1.82, 2.24) is 9.55 Å². The van der Waals surface area contributed by atoms with Crippen LogP contribution in [0.4, 0.5) is 0 Å². The Morgan fingerprint density at radius 1 is 1.14 bits per heavy atom. The van der Waals surface area contributed by atoms with Crippen LogP contribution in [-0.4, -0.2) is 97.3 Å². The molecule has 0 spiro atoms. The average molecular weight is 405 g/mol. The SMILES string of the molecule is NC[C@H]1O[C@@H](O[C@@H](CO)[C@H]2O[C@@H](n3ccc(=O)[nH]c3=O)[C@H](O)[C@@H]2O)[C@H](O)[C@@H]1O. The fraction of sp³-hybridized carbons (Fsp3) is 0.733. The van der Waals surface area contributed by atoms with Gasteiger partial charge in [0.15, 0.2) is 12.5 Å². The van der Waals surface area contributed by atoms with Crippen LogP contribution in [0.15, 0.2) is 21.9 Å². The predicted octanol–water partition coefficient (Wildman–Crippen LogP) is -5.06. The van der Waals surface area contributed by atoms with Crippen molar-refractivity contribution in [2.45, 2.75) is 55.2 Å². The van der Waals surface area contributed by atoms with Crippen LogP contribution in [0.3, 0.4) is 0 Å². The number of hydrogen-bond donors (Lipinski definition) is 7.